The monoisotopic (exact) mass is 666 g/mol. The Hall–Kier alpha value is -3.93. The molecule has 0 bridgehead atoms. The number of nitrogens with one attached hydrogen (secondary N) is 2. The van der Waals surface area contributed by atoms with Gasteiger partial charge in [0.25, 0.3) is 10.9 Å². The number of hydrogen-bond donors (Lipinski definition) is 2. The minimum atomic E-state index is -4.53. The largest absolute Gasteiger partial charge is 0.405 e. The fourth-order valence-electron chi connectivity index (χ4n) is 6.78. The Morgan fingerprint density at radius 1 is 0.894 bits per heavy atom. The third-order valence-electron chi connectivity index (χ3n) is 9.27. The van der Waals surface area contributed by atoms with Gasteiger partial charge in [0.05, 0.1) is 16.9 Å². The number of piperidine rings is 1. The van der Waals surface area contributed by atoms with Crippen LogP contribution < -0.4 is 26.4 Å². The number of rotatable bonds is 9. The summed E-state index contributed by atoms with van der Waals surface area (Å²) in [5, 5.41) is 5.06. The molecule has 0 unspecified atom stereocenters. The molecule has 8 nitrogen and oxygen atoms in total. The number of halogens is 4. The van der Waals surface area contributed by atoms with Crippen molar-refractivity contribution in [3.8, 4) is 11.1 Å². The molecule has 2 atom stereocenters. The topological polar surface area (TPSA) is 80.8 Å². The molecule has 4 aromatic rings. The maximum absolute atomic E-state index is 12.6. The summed E-state index contributed by atoms with van der Waals surface area (Å²) in [7, 11) is 0. The second-order valence-corrected chi connectivity index (χ2v) is 13.1. The Morgan fingerprint density at radius 3 is 2.21 bits per heavy atom. The number of pyridine rings is 1. The van der Waals surface area contributed by atoms with Crippen molar-refractivity contribution in [3.05, 3.63) is 97.9 Å². The molecule has 47 heavy (non-hydrogen) atoms. The molecule has 12 heteroatoms. The number of anilines is 4. The first-order valence-corrected chi connectivity index (χ1v) is 16.3. The Morgan fingerprint density at radius 2 is 1.55 bits per heavy atom. The van der Waals surface area contributed by atoms with Crippen LogP contribution in [0.3, 0.4) is 0 Å². The van der Waals surface area contributed by atoms with E-state index in [0.29, 0.717) is 22.6 Å². The highest BCUT2D eigenvalue weighted by Gasteiger charge is 2.36. The maximum atomic E-state index is 12.6. The summed E-state index contributed by atoms with van der Waals surface area (Å²) < 4.78 is 37.9. The van der Waals surface area contributed by atoms with Crippen LogP contribution in [0.5, 0.6) is 0 Å². The summed E-state index contributed by atoms with van der Waals surface area (Å²) in [5.74, 6) is 0.602. The third-order valence-corrected chi connectivity index (χ3v) is 9.54. The summed E-state index contributed by atoms with van der Waals surface area (Å²) in [4.78, 5) is 35.7. The third kappa shape index (κ3) is 7.47. The molecule has 0 aliphatic carbocycles. The maximum Gasteiger partial charge on any atom is 0.405 e. The summed E-state index contributed by atoms with van der Waals surface area (Å²) in [5.41, 5.74) is 1.58. The molecule has 2 aliphatic heterocycles. The number of hydrogen-bond acceptors (Lipinski definition) is 8. The predicted octanol–water partition coefficient (Wildman–Crippen LogP) is 6.28. The lowest BCUT2D eigenvalue weighted by Crippen LogP contribution is -2.61. The highest BCUT2D eigenvalue weighted by Crippen LogP contribution is 2.33. The molecule has 2 N–H and O–H groups in total. The molecule has 1 aromatic heterocycles. The SMILES string of the molecule is C[C@@H]1CN(c2ncc(Nc3c(NCC(F)(F)F)c(=O)c3=O)cc2Cl)[C@@H](C)CN1C1CCN(Cc2ccc(-c3ccccc3)cc2)CC1. The van der Waals surface area contributed by atoms with Gasteiger partial charge in [0.1, 0.15) is 23.7 Å². The first-order chi connectivity index (χ1) is 22.5. The van der Waals surface area contributed by atoms with Gasteiger partial charge in [0, 0.05) is 37.8 Å². The Kier molecular flexibility index (Phi) is 9.59. The molecular formula is C35H38ClF3N6O2. The van der Waals surface area contributed by atoms with Crippen molar-refractivity contribution < 1.29 is 13.2 Å². The molecule has 3 aromatic carbocycles. The second kappa shape index (κ2) is 13.7. The average Bonchev–Trinajstić information content (AvgIpc) is 3.06. The van der Waals surface area contributed by atoms with Gasteiger partial charge in [-0.15, -0.1) is 0 Å². The number of likely N-dealkylation sites (tertiary alicyclic amines) is 1. The van der Waals surface area contributed by atoms with E-state index in [1.165, 1.54) is 22.9 Å². The second-order valence-electron chi connectivity index (χ2n) is 12.6. The van der Waals surface area contributed by atoms with Crippen LogP contribution >= 0.6 is 11.6 Å². The average molecular weight is 667 g/mol. The quantitative estimate of drug-likeness (QED) is 0.202. The highest BCUT2D eigenvalue weighted by atomic mass is 35.5. The lowest BCUT2D eigenvalue weighted by Gasteiger charge is -2.49. The number of nitrogens with zero attached hydrogens (tertiary/aromatic N) is 4. The molecule has 0 spiro atoms. The van der Waals surface area contributed by atoms with E-state index in [4.69, 9.17) is 11.6 Å². The molecule has 0 radical (unpaired) electrons. The molecule has 0 amide bonds. The van der Waals surface area contributed by atoms with Crippen LogP contribution in [-0.2, 0) is 6.54 Å². The fraction of sp³-hybridized carbons (Fsp3) is 0.400. The van der Waals surface area contributed by atoms with E-state index in [9.17, 15) is 22.8 Å². The molecule has 6 rings (SSSR count). The lowest BCUT2D eigenvalue weighted by atomic mass is 9.97. The van der Waals surface area contributed by atoms with Crippen molar-refractivity contribution in [1.29, 1.82) is 0 Å². The highest BCUT2D eigenvalue weighted by molar-refractivity contribution is 6.33. The normalized spacial score (nSPS) is 20.1. The summed E-state index contributed by atoms with van der Waals surface area (Å²) in [6.07, 6.45) is -0.847. The van der Waals surface area contributed by atoms with Crippen LogP contribution in [0, 0.1) is 0 Å². The molecule has 2 fully saturated rings. The molecule has 0 saturated carbocycles. The Balaban J connectivity index is 1.02. The summed E-state index contributed by atoms with van der Waals surface area (Å²) in [6.45, 7) is 7.60. The zero-order chi connectivity index (χ0) is 33.3. The van der Waals surface area contributed by atoms with Crippen molar-refractivity contribution in [1.82, 2.24) is 14.8 Å². The van der Waals surface area contributed by atoms with E-state index in [-0.39, 0.29) is 17.8 Å². The standard InChI is InChI=1S/C35H38ClF3N6O2/c1-22-19-45(34-29(36)16-27(17-40-34)42-31-30(32(46)33(31)47)41-21-35(37,38)39)23(2)18-44(22)28-12-14-43(15-13-28)20-24-8-10-26(11-9-24)25-6-4-3-5-7-25/h3-11,16-17,22-23,28,41-42H,12-15,18-21H2,1-2H3/t22-,23+/m1/s1. The van der Waals surface area contributed by atoms with Gasteiger partial charge in [0.15, 0.2) is 0 Å². The van der Waals surface area contributed by atoms with Crippen molar-refractivity contribution in [2.45, 2.75) is 57.5 Å². The number of alkyl halides is 3. The predicted molar refractivity (Wildman–Crippen MR) is 182 cm³/mol. The van der Waals surface area contributed by atoms with Crippen LogP contribution in [0.4, 0.5) is 36.1 Å². The van der Waals surface area contributed by atoms with Crippen molar-refractivity contribution >= 4 is 34.5 Å². The summed E-state index contributed by atoms with van der Waals surface area (Å²) in [6, 6.07) is 21.8. The summed E-state index contributed by atoms with van der Waals surface area (Å²) >= 11 is 6.65. The molecule has 248 valence electrons. The molecule has 3 heterocycles. The first kappa shape index (κ1) is 33.0. The Bertz CT molecular complexity index is 1750. The van der Waals surface area contributed by atoms with Crippen LogP contribution in [-0.4, -0.2) is 71.8 Å². The number of benzene rings is 2. The Labute approximate surface area is 276 Å². The van der Waals surface area contributed by atoms with E-state index in [1.807, 2.05) is 11.4 Å². The van der Waals surface area contributed by atoms with Gasteiger partial charge in [0.2, 0.25) is 0 Å². The minimum absolute atomic E-state index is 0.142. The van der Waals surface area contributed by atoms with Gasteiger partial charge < -0.3 is 15.5 Å². The zero-order valence-corrected chi connectivity index (χ0v) is 27.1. The van der Waals surface area contributed by atoms with Crippen LogP contribution in [0.15, 0.2) is 76.4 Å². The number of piperazine rings is 1. The van der Waals surface area contributed by atoms with E-state index in [2.05, 4.69) is 87.4 Å². The van der Waals surface area contributed by atoms with Crippen molar-refractivity contribution in [3.63, 3.8) is 0 Å². The van der Waals surface area contributed by atoms with E-state index in [1.54, 1.807) is 6.07 Å². The van der Waals surface area contributed by atoms with E-state index < -0.39 is 29.3 Å². The number of aromatic nitrogens is 1. The van der Waals surface area contributed by atoms with Crippen LogP contribution in [0.25, 0.3) is 11.1 Å². The van der Waals surface area contributed by atoms with Gasteiger partial charge in [-0.05, 0) is 62.5 Å². The van der Waals surface area contributed by atoms with Crippen molar-refractivity contribution in [2.24, 2.45) is 0 Å². The van der Waals surface area contributed by atoms with E-state index >= 15 is 0 Å². The fourth-order valence-corrected chi connectivity index (χ4v) is 7.06. The van der Waals surface area contributed by atoms with Gasteiger partial charge in [-0.2, -0.15) is 13.2 Å². The lowest BCUT2D eigenvalue weighted by molar-refractivity contribution is -0.115. The smallest absolute Gasteiger partial charge is 0.371 e. The zero-order valence-electron chi connectivity index (χ0n) is 26.4. The molecule has 2 aliphatic rings. The molecule has 2 saturated heterocycles. The van der Waals surface area contributed by atoms with Crippen LogP contribution in [0.2, 0.25) is 5.02 Å². The first-order valence-electron chi connectivity index (χ1n) is 15.9. The van der Waals surface area contributed by atoms with Gasteiger partial charge in [-0.1, -0.05) is 66.2 Å². The van der Waals surface area contributed by atoms with Gasteiger partial charge in [-0.25, -0.2) is 4.98 Å². The molecular weight excluding hydrogens is 629 g/mol. The minimum Gasteiger partial charge on any atom is -0.371 e. The van der Waals surface area contributed by atoms with Gasteiger partial charge >= 0.3 is 6.18 Å². The van der Waals surface area contributed by atoms with Crippen molar-refractivity contribution in [2.75, 3.05) is 48.3 Å². The van der Waals surface area contributed by atoms with E-state index in [0.717, 1.165) is 45.6 Å². The van der Waals surface area contributed by atoms with Gasteiger partial charge in [-0.3, -0.25) is 19.4 Å². The van der Waals surface area contributed by atoms with Crippen LogP contribution in [0.1, 0.15) is 32.3 Å².